The second-order valence-corrected chi connectivity index (χ2v) is 6.22. The molecule has 1 atom stereocenters. The van der Waals surface area contributed by atoms with Crippen LogP contribution in [0.2, 0.25) is 0 Å². The van der Waals surface area contributed by atoms with Crippen molar-refractivity contribution in [3.05, 3.63) is 29.2 Å². The summed E-state index contributed by atoms with van der Waals surface area (Å²) in [5.41, 5.74) is 1.41. The van der Waals surface area contributed by atoms with E-state index < -0.39 is 0 Å². The molecule has 4 rings (SSSR count). The first-order chi connectivity index (χ1) is 10.6. The van der Waals surface area contributed by atoms with E-state index in [1.54, 1.807) is 10.9 Å². The third-order valence-corrected chi connectivity index (χ3v) is 4.44. The number of hydrogen-bond donors (Lipinski definition) is 0. The molecule has 0 unspecified atom stereocenters. The molecule has 0 N–H and O–H groups in total. The lowest BCUT2D eigenvalue weighted by Gasteiger charge is -2.21. The highest BCUT2D eigenvalue weighted by Gasteiger charge is 2.37. The number of rotatable bonds is 3. The lowest BCUT2D eigenvalue weighted by Crippen LogP contribution is -2.31. The average Bonchev–Trinajstić information content (AvgIpc) is 2.92. The number of carbonyl (C=O) groups is 1. The van der Waals surface area contributed by atoms with Crippen LogP contribution in [0.1, 0.15) is 65.4 Å². The number of nitrogens with zero attached hydrogens (tertiary/aromatic N) is 5. The molecule has 3 heterocycles. The molecule has 7 nitrogen and oxygen atoms in total. The van der Waals surface area contributed by atoms with E-state index in [1.807, 2.05) is 18.9 Å². The molecule has 1 saturated carbocycles. The second kappa shape index (κ2) is 4.93. The van der Waals surface area contributed by atoms with Crippen molar-refractivity contribution >= 4 is 5.91 Å². The molecule has 2 aromatic rings. The van der Waals surface area contributed by atoms with Crippen LogP contribution in [0.5, 0.6) is 0 Å². The van der Waals surface area contributed by atoms with Crippen molar-refractivity contribution in [2.75, 3.05) is 6.54 Å². The summed E-state index contributed by atoms with van der Waals surface area (Å²) < 4.78 is 7.02. The zero-order valence-corrected chi connectivity index (χ0v) is 12.8. The van der Waals surface area contributed by atoms with Crippen molar-refractivity contribution in [2.24, 2.45) is 7.05 Å². The number of hydrogen-bond acceptors (Lipinski definition) is 5. The molecule has 1 amide bonds. The molecule has 1 saturated heterocycles. The summed E-state index contributed by atoms with van der Waals surface area (Å²) in [5.74, 6) is 1.82. The maximum absolute atomic E-state index is 12.8. The monoisotopic (exact) mass is 301 g/mol. The molecule has 2 aromatic heterocycles. The Hall–Kier alpha value is -2.18. The van der Waals surface area contributed by atoms with Crippen LogP contribution in [0.15, 0.2) is 10.7 Å². The van der Waals surface area contributed by atoms with Crippen LogP contribution in [0.3, 0.4) is 0 Å². The van der Waals surface area contributed by atoms with E-state index in [0.29, 0.717) is 17.3 Å². The van der Waals surface area contributed by atoms with Crippen LogP contribution in [0, 0.1) is 6.92 Å². The van der Waals surface area contributed by atoms with Crippen molar-refractivity contribution in [2.45, 2.75) is 44.6 Å². The molecule has 1 aliphatic carbocycles. The first kappa shape index (κ1) is 13.5. The zero-order valence-electron chi connectivity index (χ0n) is 12.8. The molecule has 2 aliphatic rings. The van der Waals surface area contributed by atoms with Crippen molar-refractivity contribution in [1.82, 2.24) is 24.8 Å². The van der Waals surface area contributed by atoms with Gasteiger partial charge in [-0.1, -0.05) is 5.16 Å². The zero-order chi connectivity index (χ0) is 15.3. The smallest absolute Gasteiger partial charge is 0.257 e. The van der Waals surface area contributed by atoms with Crippen LogP contribution in [-0.2, 0) is 7.05 Å². The van der Waals surface area contributed by atoms with Gasteiger partial charge in [0.05, 0.1) is 17.3 Å². The Morgan fingerprint density at radius 3 is 2.86 bits per heavy atom. The summed E-state index contributed by atoms with van der Waals surface area (Å²) in [6.45, 7) is 2.59. The number of amides is 1. The van der Waals surface area contributed by atoms with Crippen LogP contribution < -0.4 is 0 Å². The van der Waals surface area contributed by atoms with Gasteiger partial charge >= 0.3 is 0 Å². The fourth-order valence-corrected chi connectivity index (χ4v) is 3.12. The standard InChI is InChI=1S/C15H19N5O2/c1-9-11(8-19(2)17-9)15(21)20-7-3-4-12(20)13-16-14(22-18-13)10-5-6-10/h8,10,12H,3-7H2,1-2H3/t12-/m1/s1. The SMILES string of the molecule is Cc1nn(C)cc1C(=O)N1CCC[C@@H]1c1noc(C2CC2)n1. The maximum atomic E-state index is 12.8. The van der Waals surface area contributed by atoms with Crippen molar-refractivity contribution in [3.8, 4) is 0 Å². The minimum atomic E-state index is -0.0802. The molecule has 2 fully saturated rings. The highest BCUT2D eigenvalue weighted by molar-refractivity contribution is 5.95. The molecule has 0 aromatic carbocycles. The number of aromatic nitrogens is 4. The summed E-state index contributed by atoms with van der Waals surface area (Å²) >= 11 is 0. The first-order valence-corrected chi connectivity index (χ1v) is 7.78. The summed E-state index contributed by atoms with van der Waals surface area (Å²) in [6.07, 6.45) is 5.88. The normalized spacial score (nSPS) is 21.5. The van der Waals surface area contributed by atoms with Crippen LogP contribution in [0.25, 0.3) is 0 Å². The van der Waals surface area contributed by atoms with E-state index in [9.17, 15) is 4.79 Å². The lowest BCUT2D eigenvalue weighted by atomic mass is 10.2. The van der Waals surface area contributed by atoms with Gasteiger partial charge in [-0.25, -0.2) is 0 Å². The van der Waals surface area contributed by atoms with Gasteiger partial charge in [0.1, 0.15) is 0 Å². The molecule has 7 heteroatoms. The van der Waals surface area contributed by atoms with Gasteiger partial charge in [-0.15, -0.1) is 0 Å². The molecule has 0 bridgehead atoms. The van der Waals surface area contributed by atoms with E-state index in [0.717, 1.165) is 43.8 Å². The minimum Gasteiger partial charge on any atom is -0.339 e. The Kier molecular flexibility index (Phi) is 3.02. The van der Waals surface area contributed by atoms with E-state index in [2.05, 4.69) is 15.2 Å². The lowest BCUT2D eigenvalue weighted by molar-refractivity contribution is 0.0727. The third kappa shape index (κ3) is 2.20. The average molecular weight is 301 g/mol. The largest absolute Gasteiger partial charge is 0.339 e. The predicted octanol–water partition coefficient (Wildman–Crippen LogP) is 1.97. The number of aryl methyl sites for hydroxylation is 2. The van der Waals surface area contributed by atoms with Crippen molar-refractivity contribution in [3.63, 3.8) is 0 Å². The third-order valence-electron chi connectivity index (χ3n) is 4.44. The van der Waals surface area contributed by atoms with Crippen LogP contribution in [0.4, 0.5) is 0 Å². The first-order valence-electron chi connectivity index (χ1n) is 7.78. The molecule has 1 aliphatic heterocycles. The molecule has 22 heavy (non-hydrogen) atoms. The van der Waals surface area contributed by atoms with Crippen LogP contribution >= 0.6 is 0 Å². The second-order valence-electron chi connectivity index (χ2n) is 6.22. The van der Waals surface area contributed by atoms with Crippen molar-refractivity contribution in [1.29, 1.82) is 0 Å². The fraction of sp³-hybridized carbons (Fsp3) is 0.600. The number of likely N-dealkylation sites (tertiary alicyclic amines) is 1. The molecule has 0 radical (unpaired) electrons. The van der Waals surface area contributed by atoms with E-state index >= 15 is 0 Å². The Morgan fingerprint density at radius 2 is 2.18 bits per heavy atom. The van der Waals surface area contributed by atoms with E-state index in [1.165, 1.54) is 0 Å². The number of carbonyl (C=O) groups excluding carboxylic acids is 1. The van der Waals surface area contributed by atoms with E-state index in [-0.39, 0.29) is 11.9 Å². The highest BCUT2D eigenvalue weighted by Crippen LogP contribution is 2.40. The quantitative estimate of drug-likeness (QED) is 0.866. The summed E-state index contributed by atoms with van der Waals surface area (Å²) in [5, 5.41) is 8.37. The Morgan fingerprint density at radius 1 is 1.36 bits per heavy atom. The summed E-state index contributed by atoms with van der Waals surface area (Å²) in [7, 11) is 1.83. The molecule has 0 spiro atoms. The van der Waals surface area contributed by atoms with Gasteiger partial charge in [-0.2, -0.15) is 10.1 Å². The predicted molar refractivity (Wildman–Crippen MR) is 77.2 cm³/mol. The maximum Gasteiger partial charge on any atom is 0.257 e. The molecular formula is C15H19N5O2. The topological polar surface area (TPSA) is 77.0 Å². The van der Waals surface area contributed by atoms with Gasteiger partial charge < -0.3 is 9.42 Å². The minimum absolute atomic E-state index is 0.00544. The van der Waals surface area contributed by atoms with E-state index in [4.69, 9.17) is 4.52 Å². The Balaban J connectivity index is 1.59. The van der Waals surface area contributed by atoms with Gasteiger partial charge in [0.15, 0.2) is 5.82 Å². The Bertz CT molecular complexity index is 715. The highest BCUT2D eigenvalue weighted by atomic mass is 16.5. The summed E-state index contributed by atoms with van der Waals surface area (Å²) in [4.78, 5) is 19.2. The van der Waals surface area contributed by atoms with Crippen molar-refractivity contribution < 1.29 is 9.32 Å². The van der Waals surface area contributed by atoms with Gasteiger partial charge in [-0.05, 0) is 32.6 Å². The molecular weight excluding hydrogens is 282 g/mol. The van der Waals surface area contributed by atoms with Gasteiger partial charge in [0.25, 0.3) is 5.91 Å². The van der Waals surface area contributed by atoms with Gasteiger partial charge in [-0.3, -0.25) is 9.48 Å². The molecule has 116 valence electrons. The van der Waals surface area contributed by atoms with Gasteiger partial charge in [0, 0.05) is 25.7 Å². The van der Waals surface area contributed by atoms with Crippen LogP contribution in [-0.4, -0.2) is 37.3 Å². The summed E-state index contributed by atoms with van der Waals surface area (Å²) in [6, 6.07) is -0.0802. The Labute approximate surface area is 128 Å². The fourth-order valence-electron chi connectivity index (χ4n) is 3.12. The van der Waals surface area contributed by atoms with Gasteiger partial charge in [0.2, 0.25) is 5.89 Å².